The Balaban J connectivity index is 0.000000387. The van der Waals surface area contributed by atoms with Crippen LogP contribution >= 0.6 is 0 Å². The summed E-state index contributed by atoms with van der Waals surface area (Å²) in [5.41, 5.74) is 2.76. The molecule has 0 spiro atoms. The molecule has 0 aromatic heterocycles. The summed E-state index contributed by atoms with van der Waals surface area (Å²) in [6.07, 6.45) is 11.8. The highest BCUT2D eigenvalue weighted by Crippen LogP contribution is 2.14. The van der Waals surface area contributed by atoms with Crippen LogP contribution in [0.2, 0.25) is 0 Å². The monoisotopic (exact) mass is 374 g/mol. The number of carboxylic acid groups (broad SMARTS) is 4. The fourth-order valence-electron chi connectivity index (χ4n) is 1.60. The first-order valence-corrected chi connectivity index (χ1v) is 7.41. The zero-order chi connectivity index (χ0) is 20.7. The molecule has 142 valence electrons. The van der Waals surface area contributed by atoms with Gasteiger partial charge in [-0.3, -0.25) is 0 Å². The number of hydrogen-bond donors (Lipinski definition) is 4. The molecule has 0 bridgehead atoms. The zero-order valence-electron chi connectivity index (χ0n) is 14.1. The molecule has 4 N–H and O–H groups in total. The van der Waals surface area contributed by atoms with Gasteiger partial charge in [0.25, 0.3) is 0 Å². The molecule has 0 amide bonds. The lowest BCUT2D eigenvalue weighted by molar-refractivity contribution is -0.134. The van der Waals surface area contributed by atoms with Crippen molar-refractivity contribution < 1.29 is 39.6 Å². The SMILES string of the molecule is C1=CCc2ccccc2C=C1.O=C(O)/C=C/C(=O)O.O=C(O)/C=C/C(=O)O. The van der Waals surface area contributed by atoms with Crippen molar-refractivity contribution in [1.82, 2.24) is 0 Å². The molecular weight excluding hydrogens is 356 g/mol. The van der Waals surface area contributed by atoms with Gasteiger partial charge in [0, 0.05) is 24.3 Å². The van der Waals surface area contributed by atoms with E-state index < -0.39 is 23.9 Å². The van der Waals surface area contributed by atoms with E-state index in [1.54, 1.807) is 0 Å². The van der Waals surface area contributed by atoms with Crippen molar-refractivity contribution >= 4 is 30.0 Å². The third-order valence-electron chi connectivity index (χ3n) is 2.65. The van der Waals surface area contributed by atoms with Crippen molar-refractivity contribution in [2.75, 3.05) is 0 Å². The average molecular weight is 374 g/mol. The average Bonchev–Trinajstić information content (AvgIpc) is 2.85. The van der Waals surface area contributed by atoms with E-state index in [0.29, 0.717) is 24.3 Å². The highest BCUT2D eigenvalue weighted by Gasteiger charge is 1.96. The minimum Gasteiger partial charge on any atom is -0.478 e. The number of carboxylic acids is 4. The first-order chi connectivity index (χ1) is 12.7. The maximum Gasteiger partial charge on any atom is 0.328 e. The summed E-state index contributed by atoms with van der Waals surface area (Å²) < 4.78 is 0. The fraction of sp³-hybridized carbons (Fsp3) is 0.0526. The van der Waals surface area contributed by atoms with Crippen molar-refractivity contribution in [2.45, 2.75) is 6.42 Å². The fourth-order valence-corrected chi connectivity index (χ4v) is 1.60. The Morgan fingerprint density at radius 2 is 1.15 bits per heavy atom. The van der Waals surface area contributed by atoms with Gasteiger partial charge in [-0.25, -0.2) is 19.2 Å². The molecule has 8 heteroatoms. The molecule has 0 unspecified atom stereocenters. The number of allylic oxidation sites excluding steroid dienone is 3. The van der Waals surface area contributed by atoms with Gasteiger partial charge in [0.05, 0.1) is 0 Å². The molecule has 0 fully saturated rings. The molecule has 0 aliphatic heterocycles. The van der Waals surface area contributed by atoms with E-state index in [-0.39, 0.29) is 0 Å². The molecule has 0 radical (unpaired) electrons. The van der Waals surface area contributed by atoms with Crippen LogP contribution in [-0.4, -0.2) is 44.3 Å². The van der Waals surface area contributed by atoms with Crippen LogP contribution < -0.4 is 0 Å². The second-order valence-electron chi connectivity index (χ2n) is 4.71. The lowest BCUT2D eigenvalue weighted by atomic mass is 10.1. The molecule has 0 atom stereocenters. The number of carbonyl (C=O) groups is 4. The quantitative estimate of drug-likeness (QED) is 0.586. The molecule has 27 heavy (non-hydrogen) atoms. The van der Waals surface area contributed by atoms with Crippen LogP contribution in [0.4, 0.5) is 0 Å². The number of aliphatic carboxylic acids is 4. The third kappa shape index (κ3) is 14.1. The Labute approximate surface area is 154 Å². The van der Waals surface area contributed by atoms with E-state index in [1.807, 2.05) is 0 Å². The molecule has 8 nitrogen and oxygen atoms in total. The lowest BCUT2D eigenvalue weighted by Gasteiger charge is -1.99. The smallest absolute Gasteiger partial charge is 0.328 e. The van der Waals surface area contributed by atoms with Crippen molar-refractivity contribution in [3.8, 4) is 0 Å². The van der Waals surface area contributed by atoms with Crippen LogP contribution in [0.1, 0.15) is 11.1 Å². The number of benzene rings is 1. The molecule has 1 aliphatic carbocycles. The minimum absolute atomic E-state index is 0.558. The van der Waals surface area contributed by atoms with Gasteiger partial charge in [-0.15, -0.1) is 0 Å². The number of hydrogen-bond acceptors (Lipinski definition) is 4. The van der Waals surface area contributed by atoms with Crippen molar-refractivity contribution in [3.63, 3.8) is 0 Å². The van der Waals surface area contributed by atoms with Gasteiger partial charge in [-0.1, -0.05) is 48.6 Å². The summed E-state index contributed by atoms with van der Waals surface area (Å²) >= 11 is 0. The highest BCUT2D eigenvalue weighted by atomic mass is 16.4. The van der Waals surface area contributed by atoms with Gasteiger partial charge < -0.3 is 20.4 Å². The first kappa shape index (κ1) is 23.1. The van der Waals surface area contributed by atoms with E-state index in [1.165, 1.54) is 11.1 Å². The normalized spacial score (nSPS) is 11.4. The van der Waals surface area contributed by atoms with E-state index in [2.05, 4.69) is 48.6 Å². The summed E-state index contributed by atoms with van der Waals surface area (Å²) in [6, 6.07) is 8.49. The molecule has 0 heterocycles. The predicted molar refractivity (Wildman–Crippen MR) is 97.1 cm³/mol. The van der Waals surface area contributed by atoms with Crippen LogP contribution in [-0.2, 0) is 25.6 Å². The second kappa shape index (κ2) is 13.4. The Bertz CT molecular complexity index is 719. The van der Waals surface area contributed by atoms with Gasteiger partial charge in [0.2, 0.25) is 0 Å². The van der Waals surface area contributed by atoms with E-state index in [4.69, 9.17) is 20.4 Å². The van der Waals surface area contributed by atoms with E-state index >= 15 is 0 Å². The van der Waals surface area contributed by atoms with Crippen LogP contribution in [0.5, 0.6) is 0 Å². The van der Waals surface area contributed by atoms with Crippen LogP contribution in [0.3, 0.4) is 0 Å². The number of rotatable bonds is 4. The Kier molecular flexibility index (Phi) is 11.4. The van der Waals surface area contributed by atoms with Crippen LogP contribution in [0, 0.1) is 0 Å². The molecule has 1 aliphatic rings. The summed E-state index contributed by atoms with van der Waals surface area (Å²) in [5.74, 6) is -5.03. The molecular formula is C19H18O8. The Hall–Kier alpha value is -3.94. The van der Waals surface area contributed by atoms with Gasteiger partial charge in [0.15, 0.2) is 0 Å². The van der Waals surface area contributed by atoms with Gasteiger partial charge in [0.1, 0.15) is 0 Å². The minimum atomic E-state index is -1.26. The second-order valence-corrected chi connectivity index (χ2v) is 4.71. The Morgan fingerprint density at radius 1 is 0.704 bits per heavy atom. The van der Waals surface area contributed by atoms with E-state index in [9.17, 15) is 19.2 Å². The zero-order valence-corrected chi connectivity index (χ0v) is 14.1. The van der Waals surface area contributed by atoms with Gasteiger partial charge in [-0.2, -0.15) is 0 Å². The largest absolute Gasteiger partial charge is 0.478 e. The van der Waals surface area contributed by atoms with Crippen molar-refractivity contribution in [3.05, 3.63) is 77.9 Å². The molecule has 2 rings (SSSR count). The topological polar surface area (TPSA) is 149 Å². The summed E-state index contributed by atoms with van der Waals surface area (Å²) in [7, 11) is 0. The molecule has 1 aromatic rings. The summed E-state index contributed by atoms with van der Waals surface area (Å²) in [6.45, 7) is 0. The first-order valence-electron chi connectivity index (χ1n) is 7.41. The third-order valence-corrected chi connectivity index (χ3v) is 2.65. The number of fused-ring (bicyclic) bond motifs is 1. The Morgan fingerprint density at radius 3 is 1.59 bits per heavy atom. The molecule has 0 saturated heterocycles. The summed E-state index contributed by atoms with van der Waals surface area (Å²) in [4.78, 5) is 38.2. The highest BCUT2D eigenvalue weighted by molar-refractivity contribution is 5.90. The molecule has 1 aromatic carbocycles. The van der Waals surface area contributed by atoms with Crippen molar-refractivity contribution in [1.29, 1.82) is 0 Å². The van der Waals surface area contributed by atoms with Crippen LogP contribution in [0.15, 0.2) is 66.8 Å². The van der Waals surface area contributed by atoms with Gasteiger partial charge >= 0.3 is 23.9 Å². The maximum atomic E-state index is 9.55. The predicted octanol–water partition coefficient (Wildman–Crippen LogP) is 2.24. The van der Waals surface area contributed by atoms with Crippen molar-refractivity contribution in [2.24, 2.45) is 0 Å². The lowest BCUT2D eigenvalue weighted by Crippen LogP contribution is -1.91. The summed E-state index contributed by atoms with van der Waals surface area (Å²) in [5, 5.41) is 31.2. The van der Waals surface area contributed by atoms with E-state index in [0.717, 1.165) is 6.42 Å². The van der Waals surface area contributed by atoms with Crippen LogP contribution in [0.25, 0.3) is 6.08 Å². The molecule has 0 saturated carbocycles. The standard InChI is InChI=1S/C11H10.2C4H4O4/c1-2-6-10-8-4-5-9-11(10)7-3-1;2*5-3(6)1-2-4(7)8/h1-6,8-9H,7H2;2*1-2H,(H,5,6)(H,7,8)/b;2*2-1+. The van der Waals surface area contributed by atoms with Gasteiger partial charge in [-0.05, 0) is 17.5 Å². The maximum absolute atomic E-state index is 9.55.